The molecule has 0 bridgehead atoms. The van der Waals surface area contributed by atoms with Crippen molar-refractivity contribution in [3.63, 3.8) is 0 Å². The molecular formula is C11H13N3O. The van der Waals surface area contributed by atoms with Gasteiger partial charge in [0.1, 0.15) is 0 Å². The van der Waals surface area contributed by atoms with E-state index in [1.807, 2.05) is 29.2 Å². The smallest absolute Gasteiger partial charge is 0.246 e. The molecule has 0 aliphatic carbocycles. The van der Waals surface area contributed by atoms with Crippen molar-refractivity contribution in [3.05, 3.63) is 24.3 Å². The molecule has 2 N–H and O–H groups in total. The maximum atomic E-state index is 11.8. The Labute approximate surface area is 88.3 Å². The molecule has 2 aliphatic heterocycles. The van der Waals surface area contributed by atoms with Gasteiger partial charge < -0.3 is 15.5 Å². The number of carbonyl (C=O) groups is 1. The summed E-state index contributed by atoms with van der Waals surface area (Å²) in [5, 5.41) is 6.33. The zero-order chi connectivity index (χ0) is 10.3. The number of nitrogens with one attached hydrogen (secondary N) is 2. The lowest BCUT2D eigenvalue weighted by atomic mass is 10.1. The number of fused-ring (bicyclic) bond motifs is 1. The second-order valence-electron chi connectivity index (χ2n) is 3.95. The van der Waals surface area contributed by atoms with Crippen LogP contribution in [0.2, 0.25) is 0 Å². The van der Waals surface area contributed by atoms with Crippen LogP contribution in [0.4, 0.5) is 11.4 Å². The summed E-state index contributed by atoms with van der Waals surface area (Å²) in [5.41, 5.74) is 2.07. The van der Waals surface area contributed by atoms with E-state index < -0.39 is 0 Å². The lowest BCUT2D eigenvalue weighted by Gasteiger charge is -2.41. The number of benzene rings is 1. The number of nitrogens with zero attached hydrogens (tertiary/aromatic N) is 1. The topological polar surface area (TPSA) is 44.4 Å². The van der Waals surface area contributed by atoms with Crippen LogP contribution in [0.25, 0.3) is 0 Å². The third-order valence-electron chi connectivity index (χ3n) is 2.99. The lowest BCUT2D eigenvalue weighted by molar-refractivity contribution is -0.117. The minimum atomic E-state index is 0.167. The number of hydrogen-bond acceptors (Lipinski definition) is 3. The van der Waals surface area contributed by atoms with Crippen LogP contribution in [0.5, 0.6) is 0 Å². The molecule has 78 valence electrons. The maximum Gasteiger partial charge on any atom is 0.246 e. The molecule has 3 rings (SSSR count). The highest BCUT2D eigenvalue weighted by molar-refractivity contribution is 6.03. The van der Waals surface area contributed by atoms with Crippen LogP contribution in [0.3, 0.4) is 0 Å². The van der Waals surface area contributed by atoms with Gasteiger partial charge in [-0.3, -0.25) is 4.79 Å². The monoisotopic (exact) mass is 203 g/mol. The number of carbonyl (C=O) groups excluding carboxylic acids is 1. The molecule has 0 aromatic heterocycles. The van der Waals surface area contributed by atoms with E-state index in [0.29, 0.717) is 12.6 Å². The molecule has 4 nitrogen and oxygen atoms in total. The van der Waals surface area contributed by atoms with Crippen molar-refractivity contribution in [2.75, 3.05) is 29.9 Å². The highest BCUT2D eigenvalue weighted by Gasteiger charge is 2.33. The van der Waals surface area contributed by atoms with Crippen LogP contribution in [0.1, 0.15) is 0 Å². The van der Waals surface area contributed by atoms with Crippen molar-refractivity contribution in [3.8, 4) is 0 Å². The van der Waals surface area contributed by atoms with E-state index in [2.05, 4.69) is 10.6 Å². The van der Waals surface area contributed by atoms with E-state index in [1.54, 1.807) is 0 Å². The second-order valence-corrected chi connectivity index (χ2v) is 3.95. The van der Waals surface area contributed by atoms with Gasteiger partial charge in [0.2, 0.25) is 5.91 Å². The summed E-state index contributed by atoms with van der Waals surface area (Å²) in [7, 11) is 0. The van der Waals surface area contributed by atoms with Gasteiger partial charge in [-0.2, -0.15) is 0 Å². The Morgan fingerprint density at radius 2 is 2.07 bits per heavy atom. The van der Waals surface area contributed by atoms with Crippen LogP contribution >= 0.6 is 0 Å². The third kappa shape index (κ3) is 1.29. The average molecular weight is 203 g/mol. The van der Waals surface area contributed by atoms with E-state index in [9.17, 15) is 4.79 Å². The summed E-state index contributed by atoms with van der Waals surface area (Å²) in [6, 6.07) is 8.30. The molecule has 1 aromatic carbocycles. The summed E-state index contributed by atoms with van der Waals surface area (Å²) in [6.45, 7) is 2.22. The fourth-order valence-electron chi connectivity index (χ4n) is 2.08. The first kappa shape index (κ1) is 8.73. The van der Waals surface area contributed by atoms with E-state index in [4.69, 9.17) is 0 Å². The quantitative estimate of drug-likeness (QED) is 0.695. The largest absolute Gasteiger partial charge is 0.374 e. The number of anilines is 2. The van der Waals surface area contributed by atoms with Gasteiger partial charge in [-0.25, -0.2) is 0 Å². The van der Waals surface area contributed by atoms with E-state index in [-0.39, 0.29) is 5.91 Å². The zero-order valence-corrected chi connectivity index (χ0v) is 8.36. The van der Waals surface area contributed by atoms with Gasteiger partial charge in [0.25, 0.3) is 0 Å². The first-order chi connectivity index (χ1) is 7.36. The molecule has 0 atom stereocenters. The molecule has 1 amide bonds. The van der Waals surface area contributed by atoms with Crippen LogP contribution in [-0.4, -0.2) is 31.6 Å². The van der Waals surface area contributed by atoms with Crippen molar-refractivity contribution in [1.29, 1.82) is 0 Å². The summed E-state index contributed by atoms with van der Waals surface area (Å²) in [4.78, 5) is 13.7. The molecule has 1 fully saturated rings. The molecule has 15 heavy (non-hydrogen) atoms. The van der Waals surface area contributed by atoms with Crippen LogP contribution in [0.15, 0.2) is 24.3 Å². The summed E-state index contributed by atoms with van der Waals surface area (Å²) < 4.78 is 0. The SMILES string of the molecule is O=C1CNc2ccccc2N1C1CNC1. The average Bonchev–Trinajstić information content (AvgIpc) is 2.20. The standard InChI is InChI=1S/C11H13N3O/c15-11-7-13-9-3-1-2-4-10(9)14(11)8-5-12-6-8/h1-4,8,12-13H,5-7H2. The van der Waals surface area contributed by atoms with Gasteiger partial charge in [0.05, 0.1) is 24.0 Å². The fourth-order valence-corrected chi connectivity index (χ4v) is 2.08. The Kier molecular flexibility index (Phi) is 1.89. The number of hydrogen-bond donors (Lipinski definition) is 2. The summed E-state index contributed by atoms with van der Waals surface area (Å²) in [5.74, 6) is 0.167. The second kappa shape index (κ2) is 3.24. The van der Waals surface area contributed by atoms with Crippen LogP contribution in [0, 0.1) is 0 Å². The van der Waals surface area contributed by atoms with E-state index in [1.165, 1.54) is 0 Å². The maximum absolute atomic E-state index is 11.8. The predicted octanol–water partition coefficient (Wildman–Crippen LogP) is 0.417. The number of amides is 1. The molecule has 0 radical (unpaired) electrons. The van der Waals surface area contributed by atoms with Crippen LogP contribution in [-0.2, 0) is 4.79 Å². The summed E-state index contributed by atoms with van der Waals surface area (Å²) in [6.07, 6.45) is 0. The highest BCUT2D eigenvalue weighted by atomic mass is 16.2. The van der Waals surface area contributed by atoms with Crippen LogP contribution < -0.4 is 15.5 Å². The fraction of sp³-hybridized carbons (Fsp3) is 0.364. The Hall–Kier alpha value is -1.55. The molecule has 0 spiro atoms. The first-order valence-corrected chi connectivity index (χ1v) is 5.22. The highest BCUT2D eigenvalue weighted by Crippen LogP contribution is 2.31. The number of para-hydroxylation sites is 2. The Morgan fingerprint density at radius 1 is 1.27 bits per heavy atom. The van der Waals surface area contributed by atoms with E-state index >= 15 is 0 Å². The Morgan fingerprint density at radius 3 is 2.80 bits per heavy atom. The lowest BCUT2D eigenvalue weighted by Crippen LogP contribution is -2.61. The van der Waals surface area contributed by atoms with Gasteiger partial charge in [-0.05, 0) is 12.1 Å². The molecule has 0 unspecified atom stereocenters. The molecule has 1 aromatic rings. The van der Waals surface area contributed by atoms with Gasteiger partial charge in [-0.1, -0.05) is 12.1 Å². The number of rotatable bonds is 1. The Balaban J connectivity index is 2.01. The molecule has 2 heterocycles. The van der Waals surface area contributed by atoms with Gasteiger partial charge in [-0.15, -0.1) is 0 Å². The third-order valence-corrected chi connectivity index (χ3v) is 2.99. The van der Waals surface area contributed by atoms with Gasteiger partial charge in [0.15, 0.2) is 0 Å². The van der Waals surface area contributed by atoms with Crippen molar-refractivity contribution in [2.24, 2.45) is 0 Å². The molecule has 4 heteroatoms. The minimum absolute atomic E-state index is 0.167. The summed E-state index contributed by atoms with van der Waals surface area (Å²) >= 11 is 0. The zero-order valence-electron chi connectivity index (χ0n) is 8.36. The molecule has 2 aliphatic rings. The normalized spacial score (nSPS) is 20.5. The minimum Gasteiger partial charge on any atom is -0.374 e. The molecular weight excluding hydrogens is 190 g/mol. The first-order valence-electron chi connectivity index (χ1n) is 5.22. The predicted molar refractivity (Wildman–Crippen MR) is 59.1 cm³/mol. The van der Waals surface area contributed by atoms with Crippen molar-refractivity contribution in [1.82, 2.24) is 5.32 Å². The van der Waals surface area contributed by atoms with Gasteiger partial charge in [0, 0.05) is 13.1 Å². The van der Waals surface area contributed by atoms with Crippen molar-refractivity contribution < 1.29 is 4.79 Å². The molecule has 1 saturated heterocycles. The Bertz CT molecular complexity index is 401. The molecule has 0 saturated carbocycles. The van der Waals surface area contributed by atoms with Crippen molar-refractivity contribution in [2.45, 2.75) is 6.04 Å². The van der Waals surface area contributed by atoms with Gasteiger partial charge >= 0.3 is 0 Å². The van der Waals surface area contributed by atoms with Crippen molar-refractivity contribution >= 4 is 17.3 Å². The van der Waals surface area contributed by atoms with E-state index in [0.717, 1.165) is 24.5 Å².